The molecule has 0 aliphatic carbocycles. The number of methoxy groups -OCH3 is 1. The average Bonchev–Trinajstić information content (AvgIpc) is 3.20. The number of imidazole rings is 1. The minimum absolute atomic E-state index is 0.565. The van der Waals surface area contributed by atoms with Crippen molar-refractivity contribution in [3.63, 3.8) is 0 Å². The zero-order chi connectivity index (χ0) is 15.6. The molecule has 0 fully saturated rings. The number of rotatable bonds is 5. The van der Waals surface area contributed by atoms with E-state index in [0.717, 1.165) is 22.4 Å². The summed E-state index contributed by atoms with van der Waals surface area (Å²) in [6.45, 7) is 1.27. The van der Waals surface area contributed by atoms with E-state index in [1.165, 1.54) is 0 Å². The molecule has 4 aromatic rings. The molecule has 4 aromatic heterocycles. The van der Waals surface area contributed by atoms with Gasteiger partial charge in [0.15, 0.2) is 5.65 Å². The SMILES string of the molecule is COCCNc1ncc2c(-c3ccc4nccn4n3)ccn2n1. The number of aromatic nitrogens is 6. The molecule has 0 aliphatic rings. The van der Waals surface area contributed by atoms with Gasteiger partial charge in [-0.2, -0.15) is 5.10 Å². The molecule has 0 spiro atoms. The van der Waals surface area contributed by atoms with Crippen LogP contribution in [0.25, 0.3) is 22.4 Å². The van der Waals surface area contributed by atoms with Gasteiger partial charge in [-0.25, -0.2) is 19.0 Å². The second kappa shape index (κ2) is 5.65. The Morgan fingerprint density at radius 1 is 1.09 bits per heavy atom. The molecular formula is C15H15N7O. The molecular weight excluding hydrogens is 294 g/mol. The van der Waals surface area contributed by atoms with Gasteiger partial charge in [0.1, 0.15) is 0 Å². The largest absolute Gasteiger partial charge is 0.383 e. The van der Waals surface area contributed by atoms with E-state index in [9.17, 15) is 0 Å². The zero-order valence-corrected chi connectivity index (χ0v) is 12.5. The minimum Gasteiger partial charge on any atom is -0.383 e. The van der Waals surface area contributed by atoms with Gasteiger partial charge in [-0.15, -0.1) is 5.10 Å². The summed E-state index contributed by atoms with van der Waals surface area (Å²) in [6.07, 6.45) is 7.24. The molecule has 116 valence electrons. The summed E-state index contributed by atoms with van der Waals surface area (Å²) in [5.74, 6) is 0.565. The Kier molecular flexibility index (Phi) is 3.35. The molecule has 0 aromatic carbocycles. The number of fused-ring (bicyclic) bond motifs is 2. The summed E-state index contributed by atoms with van der Waals surface area (Å²) in [5.41, 5.74) is 3.54. The zero-order valence-electron chi connectivity index (χ0n) is 12.5. The molecule has 8 nitrogen and oxygen atoms in total. The molecule has 0 unspecified atom stereocenters. The van der Waals surface area contributed by atoms with Gasteiger partial charge >= 0.3 is 0 Å². The van der Waals surface area contributed by atoms with Crippen LogP contribution >= 0.6 is 0 Å². The third-order valence-corrected chi connectivity index (χ3v) is 3.54. The van der Waals surface area contributed by atoms with Crippen molar-refractivity contribution in [2.45, 2.75) is 0 Å². The van der Waals surface area contributed by atoms with Crippen LogP contribution in [-0.2, 0) is 4.74 Å². The first-order chi connectivity index (χ1) is 11.3. The van der Waals surface area contributed by atoms with Gasteiger partial charge in [-0.3, -0.25) is 0 Å². The first-order valence-corrected chi connectivity index (χ1v) is 7.23. The van der Waals surface area contributed by atoms with Gasteiger partial charge in [-0.1, -0.05) is 0 Å². The molecule has 0 radical (unpaired) electrons. The number of nitrogens with zero attached hydrogens (tertiary/aromatic N) is 6. The summed E-state index contributed by atoms with van der Waals surface area (Å²) in [4.78, 5) is 8.55. The minimum atomic E-state index is 0.565. The van der Waals surface area contributed by atoms with Crippen molar-refractivity contribution in [3.8, 4) is 11.3 Å². The van der Waals surface area contributed by atoms with E-state index in [-0.39, 0.29) is 0 Å². The van der Waals surface area contributed by atoms with E-state index >= 15 is 0 Å². The van der Waals surface area contributed by atoms with Crippen LogP contribution in [0, 0.1) is 0 Å². The molecule has 23 heavy (non-hydrogen) atoms. The number of nitrogens with one attached hydrogen (secondary N) is 1. The maximum atomic E-state index is 5.00. The predicted octanol–water partition coefficient (Wildman–Crippen LogP) is 1.50. The Morgan fingerprint density at radius 2 is 2.04 bits per heavy atom. The molecule has 0 atom stereocenters. The molecule has 0 bridgehead atoms. The van der Waals surface area contributed by atoms with Crippen molar-refractivity contribution in [1.82, 2.24) is 29.2 Å². The fraction of sp³-hybridized carbons (Fsp3) is 0.200. The van der Waals surface area contributed by atoms with Crippen molar-refractivity contribution in [3.05, 3.63) is 43.0 Å². The highest BCUT2D eigenvalue weighted by Gasteiger charge is 2.10. The number of hydrogen-bond acceptors (Lipinski definition) is 6. The third-order valence-electron chi connectivity index (χ3n) is 3.54. The fourth-order valence-corrected chi connectivity index (χ4v) is 2.42. The second-order valence-corrected chi connectivity index (χ2v) is 5.01. The van der Waals surface area contributed by atoms with Crippen LogP contribution in [0.15, 0.2) is 43.0 Å². The summed E-state index contributed by atoms with van der Waals surface area (Å²) < 4.78 is 8.54. The van der Waals surface area contributed by atoms with E-state index in [0.29, 0.717) is 19.1 Å². The molecule has 8 heteroatoms. The van der Waals surface area contributed by atoms with Gasteiger partial charge in [0.25, 0.3) is 0 Å². The molecule has 4 rings (SSSR count). The standard InChI is InChI=1S/C15H15N7O/c1-23-9-6-17-15-18-10-13-11(4-7-21(13)20-15)12-2-3-14-16-5-8-22(14)19-12/h2-5,7-8,10H,6,9H2,1H3,(H,17,20). The number of anilines is 1. The molecule has 0 aliphatic heterocycles. The van der Waals surface area contributed by atoms with Gasteiger partial charge in [0.05, 0.1) is 24.0 Å². The van der Waals surface area contributed by atoms with Crippen LogP contribution in [0.3, 0.4) is 0 Å². The second-order valence-electron chi connectivity index (χ2n) is 5.01. The maximum absolute atomic E-state index is 5.00. The van der Waals surface area contributed by atoms with Crippen molar-refractivity contribution in [2.24, 2.45) is 0 Å². The highest BCUT2D eigenvalue weighted by molar-refractivity contribution is 5.78. The van der Waals surface area contributed by atoms with Crippen LogP contribution in [-0.4, -0.2) is 49.5 Å². The summed E-state index contributed by atoms with van der Waals surface area (Å²) in [7, 11) is 1.66. The summed E-state index contributed by atoms with van der Waals surface area (Å²) in [5, 5.41) is 12.1. The molecule has 4 heterocycles. The van der Waals surface area contributed by atoms with E-state index in [2.05, 4.69) is 25.5 Å². The smallest absolute Gasteiger partial charge is 0.241 e. The first kappa shape index (κ1) is 13.6. The van der Waals surface area contributed by atoms with E-state index in [1.807, 2.05) is 30.6 Å². The number of hydrogen-bond donors (Lipinski definition) is 1. The van der Waals surface area contributed by atoms with Crippen LogP contribution in [0.4, 0.5) is 5.95 Å². The Bertz CT molecular complexity index is 959. The summed E-state index contributed by atoms with van der Waals surface area (Å²) >= 11 is 0. The fourth-order valence-electron chi connectivity index (χ4n) is 2.42. The van der Waals surface area contributed by atoms with Crippen LogP contribution in [0.5, 0.6) is 0 Å². The van der Waals surface area contributed by atoms with E-state index in [1.54, 1.807) is 28.5 Å². The molecule has 1 N–H and O–H groups in total. The van der Waals surface area contributed by atoms with Crippen LogP contribution < -0.4 is 5.32 Å². The Morgan fingerprint density at radius 3 is 2.96 bits per heavy atom. The monoisotopic (exact) mass is 309 g/mol. The maximum Gasteiger partial charge on any atom is 0.241 e. The third kappa shape index (κ3) is 2.49. The van der Waals surface area contributed by atoms with Crippen molar-refractivity contribution in [1.29, 1.82) is 0 Å². The van der Waals surface area contributed by atoms with Gasteiger partial charge in [-0.05, 0) is 18.2 Å². The lowest BCUT2D eigenvalue weighted by atomic mass is 10.2. The number of ether oxygens (including phenoxy) is 1. The quantitative estimate of drug-likeness (QED) is 0.563. The molecule has 0 saturated heterocycles. The first-order valence-electron chi connectivity index (χ1n) is 7.23. The van der Waals surface area contributed by atoms with Crippen molar-refractivity contribution >= 4 is 17.1 Å². The Balaban J connectivity index is 1.70. The van der Waals surface area contributed by atoms with Gasteiger partial charge in [0.2, 0.25) is 5.95 Å². The van der Waals surface area contributed by atoms with Crippen LogP contribution in [0.2, 0.25) is 0 Å². The van der Waals surface area contributed by atoms with Gasteiger partial charge < -0.3 is 10.1 Å². The van der Waals surface area contributed by atoms with E-state index < -0.39 is 0 Å². The lowest BCUT2D eigenvalue weighted by molar-refractivity contribution is 0.210. The Labute approximate surface area is 131 Å². The van der Waals surface area contributed by atoms with Crippen molar-refractivity contribution in [2.75, 3.05) is 25.6 Å². The molecule has 0 saturated carbocycles. The van der Waals surface area contributed by atoms with Crippen molar-refractivity contribution < 1.29 is 4.74 Å². The Hall–Kier alpha value is -3.00. The normalized spacial score (nSPS) is 11.3. The predicted molar refractivity (Wildman–Crippen MR) is 85.3 cm³/mol. The topological polar surface area (TPSA) is 81.6 Å². The lowest BCUT2D eigenvalue weighted by Gasteiger charge is -2.05. The van der Waals surface area contributed by atoms with E-state index in [4.69, 9.17) is 4.74 Å². The molecule has 0 amide bonds. The van der Waals surface area contributed by atoms with Crippen LogP contribution in [0.1, 0.15) is 0 Å². The highest BCUT2D eigenvalue weighted by atomic mass is 16.5. The average molecular weight is 309 g/mol. The lowest BCUT2D eigenvalue weighted by Crippen LogP contribution is -2.11. The van der Waals surface area contributed by atoms with Gasteiger partial charge in [0, 0.05) is 37.8 Å². The summed E-state index contributed by atoms with van der Waals surface area (Å²) in [6, 6.07) is 5.86. The highest BCUT2D eigenvalue weighted by Crippen LogP contribution is 2.23.